The van der Waals surface area contributed by atoms with E-state index in [0.717, 1.165) is 15.1 Å². The molecule has 0 spiro atoms. The van der Waals surface area contributed by atoms with Gasteiger partial charge in [-0.3, -0.25) is 9.48 Å². The standard InChI is InChI=1S/C18H19FN6O2S/c1-25-11-4-12(28-13(11)6-22-25)16-14-8(5-21-18(14)26)15(19)17(24-16)23-10-2-3-27-7-9(10)20/h4,6,9-10H,2-3,5,7,20H2,1H3,(H,21,26)(H,23,24)/t9-,10+/m0/s1. The van der Waals surface area contributed by atoms with Crippen LogP contribution in [0.4, 0.5) is 10.2 Å². The summed E-state index contributed by atoms with van der Waals surface area (Å²) in [7, 11) is 1.85. The van der Waals surface area contributed by atoms with Gasteiger partial charge in [0.2, 0.25) is 0 Å². The highest BCUT2D eigenvalue weighted by Gasteiger charge is 2.32. The molecule has 2 aliphatic rings. The van der Waals surface area contributed by atoms with Crippen molar-refractivity contribution in [3.63, 3.8) is 0 Å². The number of carbonyl (C=O) groups excluding carboxylic acids is 1. The summed E-state index contributed by atoms with van der Waals surface area (Å²) in [6.07, 6.45) is 2.44. The maximum absolute atomic E-state index is 15.1. The van der Waals surface area contributed by atoms with Gasteiger partial charge in [-0.25, -0.2) is 9.37 Å². The average Bonchev–Trinajstić information content (AvgIpc) is 3.36. The molecular formula is C18H19FN6O2S. The lowest BCUT2D eigenvalue weighted by Gasteiger charge is -2.30. The molecule has 1 saturated heterocycles. The molecular weight excluding hydrogens is 383 g/mol. The number of halogens is 1. The van der Waals surface area contributed by atoms with E-state index >= 15 is 4.39 Å². The summed E-state index contributed by atoms with van der Waals surface area (Å²) in [4.78, 5) is 17.7. The summed E-state index contributed by atoms with van der Waals surface area (Å²) in [6.45, 7) is 1.13. The monoisotopic (exact) mass is 402 g/mol. The van der Waals surface area contributed by atoms with Gasteiger partial charge in [0.05, 0.1) is 39.2 Å². The summed E-state index contributed by atoms with van der Waals surface area (Å²) in [5.74, 6) is -0.678. The Bertz CT molecular complexity index is 1090. The molecule has 2 aliphatic heterocycles. The molecule has 8 nitrogen and oxygen atoms in total. The summed E-state index contributed by atoms with van der Waals surface area (Å²) >= 11 is 1.48. The molecule has 28 heavy (non-hydrogen) atoms. The maximum atomic E-state index is 15.1. The van der Waals surface area contributed by atoms with Crippen molar-refractivity contribution in [3.8, 4) is 10.6 Å². The Morgan fingerprint density at radius 1 is 1.50 bits per heavy atom. The fourth-order valence-corrected chi connectivity index (χ4v) is 4.77. The zero-order chi connectivity index (χ0) is 19.4. The number of aromatic nitrogens is 3. The van der Waals surface area contributed by atoms with Crippen molar-refractivity contribution in [1.82, 2.24) is 20.1 Å². The summed E-state index contributed by atoms with van der Waals surface area (Å²) < 4.78 is 23.2. The van der Waals surface area contributed by atoms with Crippen LogP contribution in [0.15, 0.2) is 12.3 Å². The van der Waals surface area contributed by atoms with Gasteiger partial charge in [0.15, 0.2) is 11.6 Å². The van der Waals surface area contributed by atoms with Gasteiger partial charge in [-0.2, -0.15) is 5.10 Å². The molecule has 0 aromatic carbocycles. The molecule has 0 saturated carbocycles. The second-order valence-electron chi connectivity index (χ2n) is 7.07. The van der Waals surface area contributed by atoms with Crippen molar-refractivity contribution < 1.29 is 13.9 Å². The molecule has 4 N–H and O–H groups in total. The van der Waals surface area contributed by atoms with Crippen molar-refractivity contribution in [2.75, 3.05) is 18.5 Å². The zero-order valence-electron chi connectivity index (χ0n) is 15.2. The number of nitrogens with one attached hydrogen (secondary N) is 2. The van der Waals surface area contributed by atoms with E-state index in [0.29, 0.717) is 36.5 Å². The SMILES string of the molecule is Cn1ncc2sc(-c3nc(N[C@@H]4CCOC[C@@H]4N)c(F)c4c3C(=O)NC4)cc21. The Balaban J connectivity index is 1.63. The van der Waals surface area contributed by atoms with Crippen molar-refractivity contribution in [2.45, 2.75) is 25.0 Å². The molecule has 0 unspecified atom stereocenters. The van der Waals surface area contributed by atoms with E-state index < -0.39 is 5.82 Å². The van der Waals surface area contributed by atoms with Gasteiger partial charge in [0.1, 0.15) is 0 Å². The number of amides is 1. The first-order chi connectivity index (χ1) is 13.5. The van der Waals surface area contributed by atoms with Crippen LogP contribution in [0.3, 0.4) is 0 Å². The Kier molecular flexibility index (Phi) is 4.07. The number of rotatable bonds is 3. The highest BCUT2D eigenvalue weighted by atomic mass is 32.1. The van der Waals surface area contributed by atoms with E-state index in [-0.39, 0.29) is 30.4 Å². The molecule has 0 aliphatic carbocycles. The summed E-state index contributed by atoms with van der Waals surface area (Å²) in [6, 6.07) is 1.54. The van der Waals surface area contributed by atoms with Crippen LogP contribution in [0, 0.1) is 5.82 Å². The number of hydrogen-bond donors (Lipinski definition) is 3. The van der Waals surface area contributed by atoms with E-state index in [4.69, 9.17) is 10.5 Å². The van der Waals surface area contributed by atoms with Crippen molar-refractivity contribution in [3.05, 3.63) is 29.2 Å². The molecule has 3 aromatic rings. The number of carbonyl (C=O) groups is 1. The lowest BCUT2D eigenvalue weighted by atomic mass is 10.0. The van der Waals surface area contributed by atoms with Gasteiger partial charge < -0.3 is 21.1 Å². The van der Waals surface area contributed by atoms with E-state index in [1.807, 2.05) is 13.1 Å². The average molecular weight is 402 g/mol. The molecule has 5 heterocycles. The Morgan fingerprint density at radius 3 is 3.14 bits per heavy atom. The smallest absolute Gasteiger partial charge is 0.254 e. The minimum atomic E-state index is -0.501. The molecule has 2 atom stereocenters. The fourth-order valence-electron chi connectivity index (χ4n) is 3.73. The number of aryl methyl sites for hydroxylation is 1. The molecule has 3 aromatic heterocycles. The van der Waals surface area contributed by atoms with Crippen LogP contribution in [-0.2, 0) is 18.3 Å². The second-order valence-corrected chi connectivity index (χ2v) is 8.15. The Labute approximate surface area is 163 Å². The fraction of sp³-hybridized carbons (Fsp3) is 0.389. The molecule has 1 amide bonds. The number of anilines is 1. The van der Waals surface area contributed by atoms with Gasteiger partial charge in [0, 0.05) is 37.8 Å². The number of ether oxygens (including phenoxy) is 1. The Hall–Kier alpha value is -2.56. The summed E-state index contributed by atoms with van der Waals surface area (Å²) in [5, 5.41) is 10.1. The molecule has 146 valence electrons. The van der Waals surface area contributed by atoms with E-state index in [1.54, 1.807) is 10.9 Å². The predicted octanol–water partition coefficient (Wildman–Crippen LogP) is 1.61. The zero-order valence-corrected chi connectivity index (χ0v) is 16.0. The van der Waals surface area contributed by atoms with Gasteiger partial charge in [-0.05, 0) is 12.5 Å². The number of pyridine rings is 1. The van der Waals surface area contributed by atoms with E-state index in [1.165, 1.54) is 11.3 Å². The van der Waals surface area contributed by atoms with Crippen LogP contribution >= 0.6 is 11.3 Å². The van der Waals surface area contributed by atoms with Crippen LogP contribution in [0.25, 0.3) is 20.8 Å². The van der Waals surface area contributed by atoms with Crippen LogP contribution in [0.5, 0.6) is 0 Å². The lowest BCUT2D eigenvalue weighted by Crippen LogP contribution is -2.48. The largest absolute Gasteiger partial charge is 0.380 e. The van der Waals surface area contributed by atoms with Crippen molar-refractivity contribution in [1.29, 1.82) is 0 Å². The van der Waals surface area contributed by atoms with Gasteiger partial charge in [-0.15, -0.1) is 11.3 Å². The first-order valence-corrected chi connectivity index (χ1v) is 9.87. The van der Waals surface area contributed by atoms with Crippen LogP contribution in [0.1, 0.15) is 22.3 Å². The third-order valence-corrected chi connectivity index (χ3v) is 6.35. The number of thiophene rings is 1. The normalized spacial score (nSPS) is 21.8. The maximum Gasteiger partial charge on any atom is 0.254 e. The topological polar surface area (TPSA) is 107 Å². The van der Waals surface area contributed by atoms with Crippen molar-refractivity contribution in [2.24, 2.45) is 12.8 Å². The van der Waals surface area contributed by atoms with E-state index in [9.17, 15) is 4.79 Å². The van der Waals surface area contributed by atoms with Crippen LogP contribution in [-0.4, -0.2) is 46.0 Å². The first kappa shape index (κ1) is 17.5. The highest BCUT2D eigenvalue weighted by Crippen LogP contribution is 2.38. The number of fused-ring (bicyclic) bond motifs is 2. The highest BCUT2D eigenvalue weighted by molar-refractivity contribution is 7.22. The number of nitrogens with two attached hydrogens (primary N) is 1. The third-order valence-electron chi connectivity index (χ3n) is 5.28. The minimum absolute atomic E-state index is 0.128. The molecule has 0 bridgehead atoms. The van der Waals surface area contributed by atoms with Gasteiger partial charge in [-0.1, -0.05) is 0 Å². The minimum Gasteiger partial charge on any atom is -0.380 e. The predicted molar refractivity (Wildman–Crippen MR) is 104 cm³/mol. The summed E-state index contributed by atoms with van der Waals surface area (Å²) in [5.41, 5.74) is 8.17. The van der Waals surface area contributed by atoms with E-state index in [2.05, 4.69) is 20.7 Å². The van der Waals surface area contributed by atoms with Crippen LogP contribution < -0.4 is 16.4 Å². The number of nitrogens with zero attached hydrogens (tertiary/aromatic N) is 3. The van der Waals surface area contributed by atoms with Crippen LogP contribution in [0.2, 0.25) is 0 Å². The first-order valence-electron chi connectivity index (χ1n) is 9.05. The third kappa shape index (κ3) is 2.67. The van der Waals surface area contributed by atoms with Crippen molar-refractivity contribution >= 4 is 33.3 Å². The number of hydrogen-bond acceptors (Lipinski definition) is 7. The molecule has 0 radical (unpaired) electrons. The molecule has 1 fully saturated rings. The van der Waals surface area contributed by atoms with Gasteiger partial charge in [0.25, 0.3) is 5.91 Å². The quantitative estimate of drug-likeness (QED) is 0.614. The molecule has 5 rings (SSSR count). The molecule has 10 heteroatoms. The van der Waals surface area contributed by atoms with Gasteiger partial charge >= 0.3 is 0 Å². The Morgan fingerprint density at radius 2 is 2.36 bits per heavy atom. The second kappa shape index (κ2) is 6.50. The lowest BCUT2D eigenvalue weighted by molar-refractivity contribution is 0.0751.